The summed E-state index contributed by atoms with van der Waals surface area (Å²) in [5.41, 5.74) is 7.99. The maximum absolute atomic E-state index is 13.1. The molecule has 8 nitrogen and oxygen atoms in total. The number of hydrogen-bond donors (Lipinski definition) is 4. The fraction of sp³-hybridized carbons (Fsp3) is 0.444. The van der Waals surface area contributed by atoms with Crippen LogP contribution in [0.5, 0.6) is 0 Å². The molecule has 2 rings (SSSR count). The number of methoxy groups -OCH3 is 1. The van der Waals surface area contributed by atoms with Crippen LogP contribution >= 0.6 is 0 Å². The fourth-order valence-electron chi connectivity index (χ4n) is 3.72. The van der Waals surface area contributed by atoms with Crippen molar-refractivity contribution in [1.29, 1.82) is 0 Å². The Morgan fingerprint density at radius 1 is 0.914 bits per heavy atom. The van der Waals surface area contributed by atoms with Crippen molar-refractivity contribution in [2.75, 3.05) is 7.11 Å². The molecule has 0 saturated heterocycles. The van der Waals surface area contributed by atoms with Crippen LogP contribution in [0, 0.1) is 5.92 Å². The predicted octanol–water partition coefficient (Wildman–Crippen LogP) is 1.74. The number of nitrogens with two attached hydrogens (primary N) is 1. The molecule has 190 valence electrons. The smallest absolute Gasteiger partial charge is 0.328 e. The Labute approximate surface area is 207 Å². The van der Waals surface area contributed by atoms with E-state index in [1.165, 1.54) is 7.11 Å². The van der Waals surface area contributed by atoms with Crippen LogP contribution in [-0.2, 0) is 32.0 Å². The Hall–Kier alpha value is -3.23. The number of esters is 1. The van der Waals surface area contributed by atoms with E-state index in [1.807, 2.05) is 60.7 Å². The molecule has 2 aromatic carbocycles. The number of hydrogen-bond acceptors (Lipinski definition) is 6. The van der Waals surface area contributed by atoms with Crippen molar-refractivity contribution in [2.24, 2.45) is 11.7 Å². The number of amides is 2. The van der Waals surface area contributed by atoms with E-state index >= 15 is 0 Å². The topological polar surface area (TPSA) is 131 Å². The summed E-state index contributed by atoms with van der Waals surface area (Å²) in [7, 11) is 1.26. The summed E-state index contributed by atoms with van der Waals surface area (Å²) in [4.78, 5) is 37.9. The standard InChI is InChI=1S/C27H37N3O5/c1-18(2)25(27(34)35-3)30-26(33)22(17-20-12-8-5-9-13-20)29-24(32)15-14-23(31)21(28)16-19-10-6-4-7-11-19/h4-13,18,21-23,25,31H,14-17,28H2,1-3H3,(H,29,32)(H,30,33)/t21-,22-,23-,25-/m0/s1. The van der Waals surface area contributed by atoms with E-state index in [2.05, 4.69) is 10.6 Å². The number of nitrogens with one attached hydrogen (secondary N) is 2. The van der Waals surface area contributed by atoms with Gasteiger partial charge in [-0.05, 0) is 29.9 Å². The lowest BCUT2D eigenvalue weighted by Crippen LogP contribution is -2.54. The first-order valence-electron chi connectivity index (χ1n) is 11.9. The SMILES string of the molecule is COC(=O)[C@@H](NC(=O)[C@H](Cc1ccccc1)NC(=O)CC[C@H](O)[C@@H](N)Cc1ccccc1)C(C)C. The van der Waals surface area contributed by atoms with Crippen molar-refractivity contribution in [3.8, 4) is 0 Å². The second-order valence-corrected chi connectivity index (χ2v) is 9.02. The van der Waals surface area contributed by atoms with Crippen molar-refractivity contribution < 1.29 is 24.2 Å². The van der Waals surface area contributed by atoms with Gasteiger partial charge in [-0.3, -0.25) is 9.59 Å². The molecule has 2 amide bonds. The molecule has 35 heavy (non-hydrogen) atoms. The molecule has 0 saturated carbocycles. The molecular formula is C27H37N3O5. The van der Waals surface area contributed by atoms with E-state index < -0.39 is 36.1 Å². The van der Waals surface area contributed by atoms with Gasteiger partial charge in [0.05, 0.1) is 13.2 Å². The van der Waals surface area contributed by atoms with Gasteiger partial charge in [0.15, 0.2) is 0 Å². The van der Waals surface area contributed by atoms with Gasteiger partial charge in [0.1, 0.15) is 12.1 Å². The third-order valence-corrected chi connectivity index (χ3v) is 5.83. The van der Waals surface area contributed by atoms with Crippen molar-refractivity contribution in [3.05, 3.63) is 71.8 Å². The second kappa shape index (κ2) is 14.2. The molecule has 5 N–H and O–H groups in total. The molecule has 8 heteroatoms. The van der Waals surface area contributed by atoms with Crippen molar-refractivity contribution in [1.82, 2.24) is 10.6 Å². The van der Waals surface area contributed by atoms with Crippen LogP contribution < -0.4 is 16.4 Å². The van der Waals surface area contributed by atoms with E-state index in [0.29, 0.717) is 6.42 Å². The molecule has 0 aliphatic carbocycles. The quantitative estimate of drug-likeness (QED) is 0.321. The Morgan fingerprint density at radius 3 is 1.97 bits per heavy atom. The summed E-state index contributed by atoms with van der Waals surface area (Å²) in [6.45, 7) is 3.60. The van der Waals surface area contributed by atoms with Gasteiger partial charge >= 0.3 is 5.97 Å². The molecule has 0 aliphatic rings. The van der Waals surface area contributed by atoms with Gasteiger partial charge in [0.2, 0.25) is 11.8 Å². The van der Waals surface area contributed by atoms with Crippen molar-refractivity contribution in [2.45, 2.75) is 63.8 Å². The number of carbonyl (C=O) groups excluding carboxylic acids is 3. The predicted molar refractivity (Wildman–Crippen MR) is 134 cm³/mol. The van der Waals surface area contributed by atoms with Crippen LogP contribution in [-0.4, -0.2) is 54.2 Å². The van der Waals surface area contributed by atoms with Gasteiger partial charge in [-0.15, -0.1) is 0 Å². The summed E-state index contributed by atoms with van der Waals surface area (Å²) in [5.74, 6) is -1.60. The van der Waals surface area contributed by atoms with Crippen LogP contribution in [0.25, 0.3) is 0 Å². The Kier molecular flexibility index (Phi) is 11.4. The van der Waals surface area contributed by atoms with Crippen LogP contribution in [0.1, 0.15) is 37.8 Å². The first-order valence-corrected chi connectivity index (χ1v) is 11.9. The molecule has 0 fully saturated rings. The molecule has 0 heterocycles. The monoisotopic (exact) mass is 483 g/mol. The van der Waals surface area contributed by atoms with Gasteiger partial charge in [-0.2, -0.15) is 0 Å². The molecule has 0 spiro atoms. The number of benzene rings is 2. The van der Waals surface area contributed by atoms with Crippen LogP contribution in [0.15, 0.2) is 60.7 Å². The highest BCUT2D eigenvalue weighted by molar-refractivity contribution is 5.91. The molecule has 0 aliphatic heterocycles. The lowest BCUT2D eigenvalue weighted by atomic mass is 9.98. The molecule has 0 aromatic heterocycles. The zero-order chi connectivity index (χ0) is 25.8. The van der Waals surface area contributed by atoms with Gasteiger partial charge in [-0.25, -0.2) is 4.79 Å². The van der Waals surface area contributed by atoms with Gasteiger partial charge in [0.25, 0.3) is 0 Å². The molecule has 4 atom stereocenters. The molecule has 0 bridgehead atoms. The maximum atomic E-state index is 13.1. The highest BCUT2D eigenvalue weighted by atomic mass is 16.5. The minimum atomic E-state index is -0.897. The lowest BCUT2D eigenvalue weighted by Gasteiger charge is -2.25. The third kappa shape index (κ3) is 9.50. The Bertz CT molecular complexity index is 936. The maximum Gasteiger partial charge on any atom is 0.328 e. The normalized spacial score (nSPS) is 14.5. The minimum absolute atomic E-state index is 0.00678. The van der Waals surface area contributed by atoms with E-state index in [0.717, 1.165) is 11.1 Å². The summed E-state index contributed by atoms with van der Waals surface area (Å²) in [5, 5.41) is 15.9. The number of aliphatic hydroxyl groups is 1. The molecule has 2 aromatic rings. The van der Waals surface area contributed by atoms with Crippen molar-refractivity contribution in [3.63, 3.8) is 0 Å². The highest BCUT2D eigenvalue weighted by Gasteiger charge is 2.29. The van der Waals surface area contributed by atoms with Gasteiger partial charge in [-0.1, -0.05) is 74.5 Å². The van der Waals surface area contributed by atoms with Crippen LogP contribution in [0.3, 0.4) is 0 Å². The number of ether oxygens (including phenoxy) is 1. The van der Waals surface area contributed by atoms with Gasteiger partial charge in [0, 0.05) is 18.9 Å². The molecule has 0 radical (unpaired) electrons. The molecular weight excluding hydrogens is 446 g/mol. The minimum Gasteiger partial charge on any atom is -0.467 e. The number of carbonyl (C=O) groups is 3. The van der Waals surface area contributed by atoms with Crippen molar-refractivity contribution >= 4 is 17.8 Å². The number of rotatable bonds is 13. The average molecular weight is 484 g/mol. The summed E-state index contributed by atoms with van der Waals surface area (Å²) in [6, 6.07) is 16.6. The second-order valence-electron chi connectivity index (χ2n) is 9.02. The van der Waals surface area contributed by atoms with E-state index in [1.54, 1.807) is 13.8 Å². The first-order chi connectivity index (χ1) is 16.7. The third-order valence-electron chi connectivity index (χ3n) is 5.83. The first kappa shape index (κ1) is 28.0. The van der Waals surface area contributed by atoms with Crippen LogP contribution in [0.4, 0.5) is 0 Å². The highest BCUT2D eigenvalue weighted by Crippen LogP contribution is 2.10. The summed E-state index contributed by atoms with van der Waals surface area (Å²) < 4.78 is 4.80. The average Bonchev–Trinajstić information content (AvgIpc) is 2.85. The lowest BCUT2D eigenvalue weighted by molar-refractivity contribution is -0.146. The Morgan fingerprint density at radius 2 is 1.46 bits per heavy atom. The summed E-state index contributed by atoms with van der Waals surface area (Å²) >= 11 is 0. The van der Waals surface area contributed by atoms with E-state index in [9.17, 15) is 19.5 Å². The number of aliphatic hydroxyl groups excluding tert-OH is 1. The summed E-state index contributed by atoms with van der Waals surface area (Å²) in [6.07, 6.45) is 0.0446. The van der Waals surface area contributed by atoms with Gasteiger partial charge < -0.3 is 26.2 Å². The molecule has 0 unspecified atom stereocenters. The van der Waals surface area contributed by atoms with Crippen LogP contribution in [0.2, 0.25) is 0 Å². The van der Waals surface area contributed by atoms with E-state index in [4.69, 9.17) is 10.5 Å². The zero-order valence-corrected chi connectivity index (χ0v) is 20.6. The largest absolute Gasteiger partial charge is 0.467 e. The van der Waals surface area contributed by atoms with E-state index in [-0.39, 0.29) is 31.1 Å². The zero-order valence-electron chi connectivity index (χ0n) is 20.6. The Balaban J connectivity index is 2.00. The fourth-order valence-corrected chi connectivity index (χ4v) is 3.72.